The molecule has 0 unspecified atom stereocenters. The van der Waals surface area contributed by atoms with Gasteiger partial charge < -0.3 is 19.9 Å². The van der Waals surface area contributed by atoms with E-state index < -0.39 is 0 Å². The second-order valence-electron chi connectivity index (χ2n) is 10.8. The van der Waals surface area contributed by atoms with Gasteiger partial charge in [-0.25, -0.2) is 4.98 Å². The molecule has 0 fully saturated rings. The summed E-state index contributed by atoms with van der Waals surface area (Å²) >= 11 is 0. The number of anilines is 2. The Labute approximate surface area is 247 Å². The summed E-state index contributed by atoms with van der Waals surface area (Å²) in [6, 6.07) is 41.0. The number of rotatable bonds is 7. The number of aromatic hydroxyl groups is 1. The van der Waals surface area contributed by atoms with E-state index in [0.717, 1.165) is 67.5 Å². The van der Waals surface area contributed by atoms with Crippen molar-refractivity contribution < 1.29 is 5.11 Å². The lowest BCUT2D eigenvalue weighted by atomic mass is 9.94. The molecule has 5 heteroatoms. The Hall–Kier alpha value is -5.29. The fourth-order valence-corrected chi connectivity index (χ4v) is 5.22. The monoisotopic (exact) mass is 550 g/mol. The van der Waals surface area contributed by atoms with Crippen LogP contribution in [-0.4, -0.2) is 43.3 Å². The number of aromatic amines is 1. The summed E-state index contributed by atoms with van der Waals surface area (Å²) in [5.74, 6) is 0.990. The van der Waals surface area contributed by atoms with Crippen LogP contribution < -0.4 is 9.80 Å². The van der Waals surface area contributed by atoms with E-state index in [1.54, 1.807) is 0 Å². The third kappa shape index (κ3) is 5.25. The number of phenolic OH excluding ortho intramolecular Hbond substituents is 1. The molecule has 1 aromatic heterocycles. The van der Waals surface area contributed by atoms with E-state index in [1.165, 1.54) is 0 Å². The fraction of sp³-hybridized carbons (Fsp3) is 0.108. The minimum atomic E-state index is 0.252. The topological polar surface area (TPSA) is 55.4 Å². The molecule has 0 spiro atoms. The van der Waals surface area contributed by atoms with E-state index in [9.17, 15) is 5.11 Å². The lowest BCUT2D eigenvalue weighted by Crippen LogP contribution is -2.08. The number of H-pyrrole nitrogens is 1. The van der Waals surface area contributed by atoms with Crippen molar-refractivity contribution in [3.8, 4) is 61.9 Å². The van der Waals surface area contributed by atoms with Crippen molar-refractivity contribution in [3.05, 3.63) is 121 Å². The number of hydrogen-bond acceptors (Lipinski definition) is 4. The molecular weight excluding hydrogens is 516 g/mol. The van der Waals surface area contributed by atoms with Crippen LogP contribution in [0.2, 0.25) is 0 Å². The van der Waals surface area contributed by atoms with Gasteiger partial charge in [0.1, 0.15) is 11.6 Å². The van der Waals surface area contributed by atoms with E-state index >= 15 is 0 Å². The molecule has 6 aromatic rings. The van der Waals surface area contributed by atoms with Crippen LogP contribution in [-0.2, 0) is 0 Å². The molecule has 0 aliphatic rings. The highest BCUT2D eigenvalue weighted by atomic mass is 16.3. The summed E-state index contributed by atoms with van der Waals surface area (Å²) in [5, 5.41) is 11.5. The van der Waals surface area contributed by atoms with E-state index in [-0.39, 0.29) is 5.75 Å². The van der Waals surface area contributed by atoms with Crippen LogP contribution in [0.5, 0.6) is 5.75 Å². The zero-order valence-corrected chi connectivity index (χ0v) is 24.3. The Morgan fingerprint density at radius 1 is 0.524 bits per heavy atom. The Morgan fingerprint density at radius 2 is 0.976 bits per heavy atom. The Morgan fingerprint density at radius 3 is 1.43 bits per heavy atom. The van der Waals surface area contributed by atoms with Crippen LogP contribution in [0, 0.1) is 0 Å². The number of imidazole rings is 1. The second kappa shape index (κ2) is 11.3. The minimum Gasteiger partial charge on any atom is -0.507 e. The molecule has 0 amide bonds. The molecule has 1 heterocycles. The highest BCUT2D eigenvalue weighted by Crippen LogP contribution is 2.42. The standard InChI is InChI=1S/C37H34N4O/c1-40(2)30-19-15-27(16-20-30)34-35(28-17-21-31(22-18-28)41(3)4)39-37(38-34)29-23-32(25-11-7-5-8-12-25)36(42)33(24-29)26-13-9-6-10-14-26/h5-24,42H,1-4H3,(H,38,39). The quantitative estimate of drug-likeness (QED) is 0.209. The van der Waals surface area contributed by atoms with Crippen LogP contribution in [0.25, 0.3) is 56.2 Å². The van der Waals surface area contributed by atoms with Crippen LogP contribution in [0.4, 0.5) is 11.4 Å². The number of nitrogens with one attached hydrogen (secondary N) is 1. The molecule has 208 valence electrons. The van der Waals surface area contributed by atoms with Crippen LogP contribution in [0.3, 0.4) is 0 Å². The minimum absolute atomic E-state index is 0.252. The number of nitrogens with zero attached hydrogens (tertiary/aromatic N) is 3. The molecule has 5 aromatic carbocycles. The largest absolute Gasteiger partial charge is 0.507 e. The zero-order valence-electron chi connectivity index (χ0n) is 24.3. The van der Waals surface area contributed by atoms with E-state index in [0.29, 0.717) is 0 Å². The predicted molar refractivity (Wildman–Crippen MR) is 176 cm³/mol. The molecule has 6 rings (SSSR count). The van der Waals surface area contributed by atoms with Gasteiger partial charge in [-0.1, -0.05) is 84.9 Å². The van der Waals surface area contributed by atoms with Crippen molar-refractivity contribution in [2.24, 2.45) is 0 Å². The molecular formula is C37H34N4O. The van der Waals surface area contributed by atoms with Gasteiger partial charge in [-0.05, 0) is 47.5 Å². The van der Waals surface area contributed by atoms with Crippen molar-refractivity contribution >= 4 is 11.4 Å². The lowest BCUT2D eigenvalue weighted by molar-refractivity contribution is 0.479. The van der Waals surface area contributed by atoms with Gasteiger partial charge in [0.05, 0.1) is 11.4 Å². The summed E-state index contributed by atoms with van der Waals surface area (Å²) in [6.07, 6.45) is 0. The summed E-state index contributed by atoms with van der Waals surface area (Å²) in [4.78, 5) is 13.0. The highest BCUT2D eigenvalue weighted by Gasteiger charge is 2.20. The van der Waals surface area contributed by atoms with Gasteiger partial charge in [-0.3, -0.25) is 0 Å². The number of hydrogen-bond donors (Lipinski definition) is 2. The first kappa shape index (κ1) is 26.9. The third-order valence-corrected chi connectivity index (χ3v) is 7.59. The maximum atomic E-state index is 11.5. The number of benzene rings is 5. The van der Waals surface area contributed by atoms with Crippen molar-refractivity contribution in [2.45, 2.75) is 0 Å². The normalized spacial score (nSPS) is 11.0. The summed E-state index contributed by atoms with van der Waals surface area (Å²) < 4.78 is 0. The van der Waals surface area contributed by atoms with Gasteiger partial charge in [0.25, 0.3) is 0 Å². The van der Waals surface area contributed by atoms with Gasteiger partial charge in [-0.2, -0.15) is 0 Å². The SMILES string of the molecule is CN(C)c1ccc(-c2nc(-c3cc(-c4ccccc4)c(O)c(-c4ccccc4)c3)[nH]c2-c2ccc(N(C)C)cc2)cc1. The first-order valence-corrected chi connectivity index (χ1v) is 14.0. The van der Waals surface area contributed by atoms with E-state index in [1.807, 2.05) is 101 Å². The maximum absolute atomic E-state index is 11.5. The molecule has 0 aliphatic carbocycles. The smallest absolute Gasteiger partial charge is 0.138 e. The molecule has 0 bridgehead atoms. The second-order valence-corrected chi connectivity index (χ2v) is 10.8. The van der Waals surface area contributed by atoms with E-state index in [2.05, 4.69) is 63.3 Å². The summed E-state index contributed by atoms with van der Waals surface area (Å²) in [6.45, 7) is 0. The molecule has 0 saturated heterocycles. The zero-order chi connectivity index (χ0) is 29.2. The third-order valence-electron chi connectivity index (χ3n) is 7.59. The molecule has 0 aliphatic heterocycles. The van der Waals surface area contributed by atoms with Crippen molar-refractivity contribution in [1.82, 2.24) is 9.97 Å². The summed E-state index contributed by atoms with van der Waals surface area (Å²) in [5.41, 5.74) is 10.5. The Bertz CT molecular complexity index is 1680. The van der Waals surface area contributed by atoms with Crippen LogP contribution in [0.15, 0.2) is 121 Å². The first-order chi connectivity index (χ1) is 20.4. The Balaban J connectivity index is 1.56. The molecule has 42 heavy (non-hydrogen) atoms. The predicted octanol–water partition coefficient (Wildman–Crippen LogP) is 8.58. The number of phenols is 1. The summed E-state index contributed by atoms with van der Waals surface area (Å²) in [7, 11) is 8.17. The van der Waals surface area contributed by atoms with Crippen molar-refractivity contribution in [2.75, 3.05) is 38.0 Å². The number of aromatic nitrogens is 2. The van der Waals surface area contributed by atoms with Crippen LogP contribution in [0.1, 0.15) is 0 Å². The van der Waals surface area contributed by atoms with Gasteiger partial charge >= 0.3 is 0 Å². The molecule has 0 atom stereocenters. The van der Waals surface area contributed by atoms with Gasteiger partial charge in [0.2, 0.25) is 0 Å². The molecule has 0 radical (unpaired) electrons. The van der Waals surface area contributed by atoms with Gasteiger partial charge in [-0.15, -0.1) is 0 Å². The molecule has 5 nitrogen and oxygen atoms in total. The molecule has 0 saturated carbocycles. The van der Waals surface area contributed by atoms with Crippen LogP contribution >= 0.6 is 0 Å². The maximum Gasteiger partial charge on any atom is 0.138 e. The van der Waals surface area contributed by atoms with Gasteiger partial charge in [0, 0.05) is 67.4 Å². The lowest BCUT2D eigenvalue weighted by Gasteiger charge is -2.13. The first-order valence-electron chi connectivity index (χ1n) is 14.0. The van der Waals surface area contributed by atoms with E-state index in [4.69, 9.17) is 4.98 Å². The average molecular weight is 551 g/mol. The van der Waals surface area contributed by atoms with Gasteiger partial charge in [0.15, 0.2) is 0 Å². The fourth-order valence-electron chi connectivity index (χ4n) is 5.22. The Kier molecular flexibility index (Phi) is 7.24. The highest BCUT2D eigenvalue weighted by molar-refractivity contribution is 5.88. The van der Waals surface area contributed by atoms with Crippen molar-refractivity contribution in [3.63, 3.8) is 0 Å². The van der Waals surface area contributed by atoms with Crippen molar-refractivity contribution in [1.29, 1.82) is 0 Å². The molecule has 2 N–H and O–H groups in total. The average Bonchev–Trinajstić information content (AvgIpc) is 3.48.